The first-order valence-corrected chi connectivity index (χ1v) is 6.50. The maximum absolute atomic E-state index is 12.2. The van der Waals surface area contributed by atoms with Crippen molar-refractivity contribution < 1.29 is 4.79 Å². The average molecular weight is 248 g/mol. The standard InChI is InChI=1S/C13H20N4O/c1-9(2)12-11(7-15-8-16-12)13(18)17-10-4-3-5-14-6-10/h7-10,14H,3-6H2,1-2H3,(H,17,18). The second-order valence-electron chi connectivity index (χ2n) is 4.99. The van der Waals surface area contributed by atoms with Crippen LogP contribution in [-0.4, -0.2) is 35.0 Å². The monoisotopic (exact) mass is 248 g/mol. The fourth-order valence-corrected chi connectivity index (χ4v) is 2.21. The van der Waals surface area contributed by atoms with Crippen LogP contribution in [0.25, 0.3) is 0 Å². The molecule has 1 aliphatic heterocycles. The molecule has 0 saturated carbocycles. The summed E-state index contributed by atoms with van der Waals surface area (Å²) in [5.41, 5.74) is 1.41. The quantitative estimate of drug-likeness (QED) is 0.840. The average Bonchev–Trinajstić information content (AvgIpc) is 2.40. The molecule has 0 radical (unpaired) electrons. The summed E-state index contributed by atoms with van der Waals surface area (Å²) >= 11 is 0. The molecule has 18 heavy (non-hydrogen) atoms. The SMILES string of the molecule is CC(C)c1ncncc1C(=O)NC1CCCNC1. The minimum Gasteiger partial charge on any atom is -0.348 e. The number of hydrogen-bond donors (Lipinski definition) is 2. The summed E-state index contributed by atoms with van der Waals surface area (Å²) in [7, 11) is 0. The number of rotatable bonds is 3. The zero-order valence-electron chi connectivity index (χ0n) is 10.9. The molecule has 5 nitrogen and oxygen atoms in total. The van der Waals surface area contributed by atoms with Crippen molar-refractivity contribution in [3.63, 3.8) is 0 Å². The molecule has 1 aromatic heterocycles. The van der Waals surface area contributed by atoms with Crippen molar-refractivity contribution in [2.45, 2.75) is 38.6 Å². The minimum absolute atomic E-state index is 0.0620. The Morgan fingerprint density at radius 3 is 3.06 bits per heavy atom. The summed E-state index contributed by atoms with van der Waals surface area (Å²) in [4.78, 5) is 20.4. The van der Waals surface area contributed by atoms with Crippen LogP contribution in [0.1, 0.15) is 48.7 Å². The van der Waals surface area contributed by atoms with Crippen molar-refractivity contribution in [2.24, 2.45) is 0 Å². The number of carbonyl (C=O) groups excluding carboxylic acids is 1. The summed E-state index contributed by atoms with van der Waals surface area (Å²) in [6, 6.07) is 0.214. The summed E-state index contributed by atoms with van der Waals surface area (Å²) < 4.78 is 0. The molecule has 2 rings (SSSR count). The van der Waals surface area contributed by atoms with Crippen molar-refractivity contribution in [1.29, 1.82) is 0 Å². The van der Waals surface area contributed by atoms with Crippen LogP contribution < -0.4 is 10.6 Å². The molecule has 98 valence electrons. The molecular formula is C13H20N4O. The predicted octanol–water partition coefficient (Wildman–Crippen LogP) is 1.08. The third-order valence-corrected chi connectivity index (χ3v) is 3.17. The highest BCUT2D eigenvalue weighted by atomic mass is 16.1. The number of hydrogen-bond acceptors (Lipinski definition) is 4. The Kier molecular flexibility index (Phi) is 4.25. The van der Waals surface area contributed by atoms with Crippen LogP contribution >= 0.6 is 0 Å². The molecule has 0 bridgehead atoms. The van der Waals surface area contributed by atoms with E-state index in [0.717, 1.165) is 31.6 Å². The van der Waals surface area contributed by atoms with Crippen LogP contribution in [-0.2, 0) is 0 Å². The predicted molar refractivity (Wildman–Crippen MR) is 69.5 cm³/mol. The first-order valence-electron chi connectivity index (χ1n) is 6.50. The van der Waals surface area contributed by atoms with E-state index in [0.29, 0.717) is 5.56 Å². The van der Waals surface area contributed by atoms with Gasteiger partial charge < -0.3 is 10.6 Å². The van der Waals surface area contributed by atoms with E-state index < -0.39 is 0 Å². The van der Waals surface area contributed by atoms with E-state index in [1.54, 1.807) is 6.20 Å². The number of nitrogens with zero attached hydrogens (tertiary/aromatic N) is 2. The van der Waals surface area contributed by atoms with Crippen molar-refractivity contribution in [3.05, 3.63) is 23.8 Å². The number of carbonyl (C=O) groups is 1. The summed E-state index contributed by atoms with van der Waals surface area (Å²) in [5, 5.41) is 6.33. The van der Waals surface area contributed by atoms with E-state index in [1.165, 1.54) is 6.33 Å². The molecule has 0 aliphatic carbocycles. The van der Waals surface area contributed by atoms with Gasteiger partial charge >= 0.3 is 0 Å². The Bertz CT molecular complexity index is 413. The van der Waals surface area contributed by atoms with Crippen LogP contribution in [0.3, 0.4) is 0 Å². The maximum atomic E-state index is 12.2. The molecular weight excluding hydrogens is 228 g/mol. The van der Waals surface area contributed by atoms with Gasteiger partial charge in [0.05, 0.1) is 11.3 Å². The lowest BCUT2D eigenvalue weighted by molar-refractivity contribution is 0.0928. The highest BCUT2D eigenvalue weighted by Crippen LogP contribution is 2.15. The van der Waals surface area contributed by atoms with Crippen molar-refractivity contribution in [2.75, 3.05) is 13.1 Å². The van der Waals surface area contributed by atoms with Crippen LogP contribution in [0, 0.1) is 0 Å². The molecule has 1 unspecified atom stereocenters. The van der Waals surface area contributed by atoms with Gasteiger partial charge in [0.15, 0.2) is 0 Å². The van der Waals surface area contributed by atoms with E-state index in [9.17, 15) is 4.79 Å². The Hall–Kier alpha value is -1.49. The zero-order chi connectivity index (χ0) is 13.0. The Balaban J connectivity index is 2.08. The van der Waals surface area contributed by atoms with Gasteiger partial charge in [-0.3, -0.25) is 4.79 Å². The lowest BCUT2D eigenvalue weighted by Crippen LogP contribution is -2.45. The van der Waals surface area contributed by atoms with Crippen LogP contribution in [0.5, 0.6) is 0 Å². The molecule has 5 heteroatoms. The highest BCUT2D eigenvalue weighted by molar-refractivity contribution is 5.95. The molecule has 1 aromatic rings. The molecule has 1 amide bonds. The van der Waals surface area contributed by atoms with Crippen molar-refractivity contribution >= 4 is 5.91 Å². The van der Waals surface area contributed by atoms with Crippen LogP contribution in [0.4, 0.5) is 0 Å². The zero-order valence-corrected chi connectivity index (χ0v) is 10.9. The number of aromatic nitrogens is 2. The largest absolute Gasteiger partial charge is 0.348 e. The Morgan fingerprint density at radius 2 is 2.39 bits per heavy atom. The van der Waals surface area contributed by atoms with Crippen molar-refractivity contribution in [3.8, 4) is 0 Å². The van der Waals surface area contributed by atoms with E-state index in [2.05, 4.69) is 20.6 Å². The third kappa shape index (κ3) is 3.04. The van der Waals surface area contributed by atoms with E-state index in [1.807, 2.05) is 13.8 Å². The maximum Gasteiger partial charge on any atom is 0.254 e. The van der Waals surface area contributed by atoms with Gasteiger partial charge in [0, 0.05) is 18.8 Å². The summed E-state index contributed by atoms with van der Waals surface area (Å²) in [5.74, 6) is 0.159. The topological polar surface area (TPSA) is 66.9 Å². The van der Waals surface area contributed by atoms with Gasteiger partial charge in [0.2, 0.25) is 0 Å². The molecule has 1 atom stereocenters. The van der Waals surface area contributed by atoms with Gasteiger partial charge in [0.25, 0.3) is 5.91 Å². The van der Waals surface area contributed by atoms with Crippen LogP contribution in [0.15, 0.2) is 12.5 Å². The van der Waals surface area contributed by atoms with Gasteiger partial charge in [0.1, 0.15) is 6.33 Å². The minimum atomic E-state index is -0.0620. The fourth-order valence-electron chi connectivity index (χ4n) is 2.21. The van der Waals surface area contributed by atoms with Crippen LogP contribution in [0.2, 0.25) is 0 Å². The fraction of sp³-hybridized carbons (Fsp3) is 0.615. The molecule has 1 saturated heterocycles. The lowest BCUT2D eigenvalue weighted by atomic mass is 10.0. The van der Waals surface area contributed by atoms with Gasteiger partial charge in [-0.2, -0.15) is 0 Å². The van der Waals surface area contributed by atoms with E-state index in [4.69, 9.17) is 0 Å². The third-order valence-electron chi connectivity index (χ3n) is 3.17. The van der Waals surface area contributed by atoms with Gasteiger partial charge in [-0.15, -0.1) is 0 Å². The molecule has 0 aromatic carbocycles. The van der Waals surface area contributed by atoms with Crippen molar-refractivity contribution in [1.82, 2.24) is 20.6 Å². The molecule has 1 aliphatic rings. The summed E-state index contributed by atoms with van der Waals surface area (Å²) in [6.07, 6.45) is 5.24. The first-order chi connectivity index (χ1) is 8.68. The molecule has 0 spiro atoms. The van der Waals surface area contributed by atoms with Gasteiger partial charge in [-0.25, -0.2) is 9.97 Å². The Labute approximate surface area is 107 Å². The van der Waals surface area contributed by atoms with E-state index in [-0.39, 0.29) is 17.9 Å². The number of nitrogens with one attached hydrogen (secondary N) is 2. The lowest BCUT2D eigenvalue weighted by Gasteiger charge is -2.24. The highest BCUT2D eigenvalue weighted by Gasteiger charge is 2.20. The molecule has 2 N–H and O–H groups in total. The second-order valence-corrected chi connectivity index (χ2v) is 4.99. The smallest absolute Gasteiger partial charge is 0.254 e. The molecule has 1 fully saturated rings. The summed E-state index contributed by atoms with van der Waals surface area (Å²) in [6.45, 7) is 5.94. The van der Waals surface area contributed by atoms with Gasteiger partial charge in [-0.1, -0.05) is 13.8 Å². The molecule has 2 heterocycles. The second kappa shape index (κ2) is 5.91. The normalized spacial score (nSPS) is 19.8. The first kappa shape index (κ1) is 13.0. The Morgan fingerprint density at radius 1 is 1.56 bits per heavy atom. The van der Waals surface area contributed by atoms with Gasteiger partial charge in [-0.05, 0) is 25.3 Å². The van der Waals surface area contributed by atoms with E-state index >= 15 is 0 Å². The number of piperidine rings is 1. The number of amides is 1.